The molecule has 0 aliphatic rings. The number of carbonyl (C=O) groups is 1. The standard InChI is InChI=1S/C26H28F2N6O4S/c1-34(8-9-35)7-4-10-38-22-13-20-16(11-21(22)37-2)14-29-25(32-20)33-26-30-15-17(39-26)12-23(36)31-19-6-3-5-18(27)24(19)28/h3,5-6,11,13-15,35H,4,7-10,12H2,1-2H3,(H,31,36)(H,29,30,32,33). The summed E-state index contributed by atoms with van der Waals surface area (Å²) in [5.74, 6) is -1.22. The molecule has 0 saturated heterocycles. The Morgan fingerprint density at radius 1 is 1.15 bits per heavy atom. The molecule has 4 rings (SSSR count). The molecule has 206 valence electrons. The van der Waals surface area contributed by atoms with Crippen LogP contribution < -0.4 is 20.1 Å². The number of anilines is 3. The van der Waals surface area contributed by atoms with Crippen molar-refractivity contribution in [2.24, 2.45) is 0 Å². The molecule has 0 aliphatic carbocycles. The Morgan fingerprint density at radius 2 is 2.00 bits per heavy atom. The highest BCUT2D eigenvalue weighted by Gasteiger charge is 2.14. The summed E-state index contributed by atoms with van der Waals surface area (Å²) in [5, 5.41) is 15.6. The Hall–Kier alpha value is -3.94. The molecule has 39 heavy (non-hydrogen) atoms. The van der Waals surface area contributed by atoms with Gasteiger partial charge >= 0.3 is 0 Å². The average Bonchev–Trinajstić information content (AvgIpc) is 3.35. The molecule has 0 radical (unpaired) electrons. The highest BCUT2D eigenvalue weighted by Crippen LogP contribution is 2.32. The number of halogens is 2. The number of rotatable bonds is 13. The Balaban J connectivity index is 1.39. The molecule has 1 amide bonds. The summed E-state index contributed by atoms with van der Waals surface area (Å²) in [6, 6.07) is 7.16. The molecule has 4 aromatic rings. The summed E-state index contributed by atoms with van der Waals surface area (Å²) in [4.78, 5) is 28.1. The van der Waals surface area contributed by atoms with Gasteiger partial charge in [-0.15, -0.1) is 11.3 Å². The van der Waals surface area contributed by atoms with Gasteiger partial charge in [-0.1, -0.05) is 6.07 Å². The number of benzene rings is 2. The van der Waals surface area contributed by atoms with Crippen LogP contribution >= 0.6 is 11.3 Å². The largest absolute Gasteiger partial charge is 0.493 e. The Bertz CT molecular complexity index is 1440. The smallest absolute Gasteiger partial charge is 0.229 e. The minimum absolute atomic E-state index is 0.0653. The second kappa shape index (κ2) is 13.2. The second-order valence-corrected chi connectivity index (χ2v) is 9.68. The van der Waals surface area contributed by atoms with Crippen LogP contribution in [0.4, 0.5) is 25.5 Å². The number of nitrogens with zero attached hydrogens (tertiary/aromatic N) is 4. The average molecular weight is 559 g/mol. The van der Waals surface area contributed by atoms with Gasteiger partial charge in [-0.25, -0.2) is 23.7 Å². The molecule has 0 aliphatic heterocycles. The van der Waals surface area contributed by atoms with E-state index in [1.165, 1.54) is 29.7 Å². The predicted octanol–water partition coefficient (Wildman–Crippen LogP) is 3.99. The number of methoxy groups -OCH3 is 1. The molecule has 0 saturated carbocycles. The van der Waals surface area contributed by atoms with Gasteiger partial charge in [0.2, 0.25) is 11.9 Å². The van der Waals surface area contributed by atoms with E-state index in [0.29, 0.717) is 46.1 Å². The first-order valence-electron chi connectivity index (χ1n) is 12.1. The number of carbonyl (C=O) groups excluding carboxylic acids is 1. The molecule has 0 spiro atoms. The van der Waals surface area contributed by atoms with Crippen LogP contribution in [-0.4, -0.2) is 71.3 Å². The van der Waals surface area contributed by atoms with Gasteiger partial charge in [0, 0.05) is 41.8 Å². The van der Waals surface area contributed by atoms with Crippen LogP contribution in [0.5, 0.6) is 11.5 Å². The number of amides is 1. The number of ether oxygens (including phenoxy) is 2. The summed E-state index contributed by atoms with van der Waals surface area (Å²) >= 11 is 1.21. The van der Waals surface area contributed by atoms with Crippen LogP contribution in [0, 0.1) is 11.6 Å². The lowest BCUT2D eigenvalue weighted by Crippen LogP contribution is -2.24. The lowest BCUT2D eigenvalue weighted by atomic mass is 10.2. The van der Waals surface area contributed by atoms with Crippen molar-refractivity contribution >= 4 is 44.9 Å². The number of aliphatic hydroxyl groups excluding tert-OH is 1. The monoisotopic (exact) mass is 558 g/mol. The van der Waals surface area contributed by atoms with E-state index in [4.69, 9.17) is 14.6 Å². The van der Waals surface area contributed by atoms with E-state index < -0.39 is 17.5 Å². The van der Waals surface area contributed by atoms with Gasteiger partial charge in [0.15, 0.2) is 28.3 Å². The van der Waals surface area contributed by atoms with E-state index in [1.807, 2.05) is 11.9 Å². The molecule has 2 heterocycles. The lowest BCUT2D eigenvalue weighted by molar-refractivity contribution is -0.115. The molecule has 10 nitrogen and oxygen atoms in total. The van der Waals surface area contributed by atoms with Crippen LogP contribution in [-0.2, 0) is 11.2 Å². The highest BCUT2D eigenvalue weighted by molar-refractivity contribution is 7.15. The molecular formula is C26H28F2N6O4S. The summed E-state index contributed by atoms with van der Waals surface area (Å²) in [6.45, 7) is 1.97. The van der Waals surface area contributed by atoms with Crippen LogP contribution in [0.2, 0.25) is 0 Å². The Kier molecular flexibility index (Phi) is 9.52. The van der Waals surface area contributed by atoms with Crippen LogP contribution in [0.3, 0.4) is 0 Å². The van der Waals surface area contributed by atoms with Crippen molar-refractivity contribution < 1.29 is 28.2 Å². The number of likely N-dealkylation sites (N-methyl/N-ethyl adjacent to an activating group) is 1. The molecule has 0 atom stereocenters. The molecular weight excluding hydrogens is 530 g/mol. The van der Waals surface area contributed by atoms with Crippen molar-refractivity contribution in [1.29, 1.82) is 0 Å². The normalized spacial score (nSPS) is 11.1. The molecule has 2 aromatic heterocycles. The number of aliphatic hydroxyl groups is 1. The minimum atomic E-state index is -1.11. The quantitative estimate of drug-likeness (QED) is 0.209. The first kappa shape index (κ1) is 28.1. The predicted molar refractivity (Wildman–Crippen MR) is 145 cm³/mol. The van der Waals surface area contributed by atoms with Crippen molar-refractivity contribution in [3.63, 3.8) is 0 Å². The fourth-order valence-electron chi connectivity index (χ4n) is 3.67. The van der Waals surface area contributed by atoms with E-state index in [9.17, 15) is 13.6 Å². The minimum Gasteiger partial charge on any atom is -0.493 e. The molecule has 0 bridgehead atoms. The van der Waals surface area contributed by atoms with Crippen LogP contribution in [0.15, 0.2) is 42.7 Å². The van der Waals surface area contributed by atoms with E-state index in [0.717, 1.165) is 24.4 Å². The third kappa shape index (κ3) is 7.56. The molecule has 0 unspecified atom stereocenters. The van der Waals surface area contributed by atoms with Gasteiger partial charge in [-0.05, 0) is 31.7 Å². The maximum atomic E-state index is 13.8. The van der Waals surface area contributed by atoms with Crippen molar-refractivity contribution in [2.75, 3.05) is 51.1 Å². The molecule has 13 heteroatoms. The van der Waals surface area contributed by atoms with Crippen molar-refractivity contribution in [1.82, 2.24) is 19.9 Å². The number of hydrogen-bond acceptors (Lipinski definition) is 10. The zero-order chi connectivity index (χ0) is 27.8. The zero-order valence-corrected chi connectivity index (χ0v) is 22.2. The van der Waals surface area contributed by atoms with Gasteiger partial charge < -0.3 is 30.1 Å². The van der Waals surface area contributed by atoms with Gasteiger partial charge in [0.25, 0.3) is 0 Å². The van der Waals surface area contributed by atoms with Gasteiger partial charge in [-0.3, -0.25) is 4.79 Å². The Morgan fingerprint density at radius 3 is 2.79 bits per heavy atom. The SMILES string of the molecule is COc1cc2cnc(Nc3ncc(CC(=O)Nc4cccc(F)c4F)s3)nc2cc1OCCCN(C)CCO. The van der Waals surface area contributed by atoms with Gasteiger partial charge in [0.05, 0.1) is 37.9 Å². The van der Waals surface area contributed by atoms with Crippen LogP contribution in [0.1, 0.15) is 11.3 Å². The fraction of sp³-hybridized carbons (Fsp3) is 0.308. The van der Waals surface area contributed by atoms with Gasteiger partial charge in [-0.2, -0.15) is 0 Å². The third-order valence-electron chi connectivity index (χ3n) is 5.62. The summed E-state index contributed by atoms with van der Waals surface area (Å²) in [5.41, 5.74) is 0.412. The first-order chi connectivity index (χ1) is 18.9. The second-order valence-electron chi connectivity index (χ2n) is 8.57. The summed E-state index contributed by atoms with van der Waals surface area (Å²) in [6.07, 6.45) is 3.88. The van der Waals surface area contributed by atoms with Gasteiger partial charge in [0.1, 0.15) is 0 Å². The molecule has 2 aromatic carbocycles. The highest BCUT2D eigenvalue weighted by atomic mass is 32.1. The van der Waals surface area contributed by atoms with Crippen molar-refractivity contribution in [2.45, 2.75) is 12.8 Å². The van der Waals surface area contributed by atoms with Crippen LogP contribution in [0.25, 0.3) is 10.9 Å². The summed E-state index contributed by atoms with van der Waals surface area (Å²) < 4.78 is 38.6. The number of fused-ring (bicyclic) bond motifs is 1. The van der Waals surface area contributed by atoms with E-state index in [2.05, 4.69) is 25.6 Å². The molecule has 0 fully saturated rings. The van der Waals surface area contributed by atoms with E-state index in [-0.39, 0.29) is 18.7 Å². The van der Waals surface area contributed by atoms with Crippen molar-refractivity contribution in [3.05, 3.63) is 59.2 Å². The maximum Gasteiger partial charge on any atom is 0.229 e. The topological polar surface area (TPSA) is 122 Å². The lowest BCUT2D eigenvalue weighted by Gasteiger charge is -2.16. The zero-order valence-electron chi connectivity index (χ0n) is 21.4. The Labute approximate surface area is 227 Å². The van der Waals surface area contributed by atoms with Crippen molar-refractivity contribution in [3.8, 4) is 11.5 Å². The first-order valence-corrected chi connectivity index (χ1v) is 12.9. The fourth-order valence-corrected chi connectivity index (χ4v) is 4.47. The third-order valence-corrected chi connectivity index (χ3v) is 6.53. The number of hydrogen-bond donors (Lipinski definition) is 3. The number of nitrogens with one attached hydrogen (secondary N) is 2. The maximum absolute atomic E-state index is 13.8. The number of thiazole rings is 1. The van der Waals surface area contributed by atoms with E-state index in [1.54, 1.807) is 25.4 Å². The summed E-state index contributed by atoms with van der Waals surface area (Å²) in [7, 11) is 3.50. The molecule has 3 N–H and O–H groups in total. The van der Waals surface area contributed by atoms with E-state index >= 15 is 0 Å². The number of aromatic nitrogens is 3.